The molecule has 124 valence electrons. The third kappa shape index (κ3) is 4.92. The fraction of sp³-hybridized carbons (Fsp3) is 0.632. The van der Waals surface area contributed by atoms with Gasteiger partial charge >= 0.3 is 0 Å². The summed E-state index contributed by atoms with van der Waals surface area (Å²) in [7, 11) is 0. The highest BCUT2D eigenvalue weighted by Gasteiger charge is 2.29. The molecular weight excluding hydrogens is 276 g/mol. The number of rotatable bonds is 4. The molecule has 0 N–H and O–H groups in total. The number of benzene rings is 1. The van der Waals surface area contributed by atoms with Crippen LogP contribution in [0.4, 0.5) is 0 Å². The van der Waals surface area contributed by atoms with Crippen LogP contribution in [0, 0.1) is 12.3 Å². The molecule has 0 radical (unpaired) electrons. The molecule has 3 nitrogen and oxygen atoms in total. The van der Waals surface area contributed by atoms with E-state index in [4.69, 9.17) is 9.78 Å². The molecule has 0 aliphatic heterocycles. The standard InChI is InChI=1S/C19H30O3/c1-13-10-11-14(12-15(13)16(20)17(2,3)4)19(8,9)22-21-18(5,6)7/h10-12H,1-9H3. The zero-order chi connectivity index (χ0) is 17.3. The van der Waals surface area contributed by atoms with Gasteiger partial charge in [-0.25, -0.2) is 9.78 Å². The molecule has 0 saturated carbocycles. The molecule has 0 fully saturated rings. The Balaban J connectivity index is 3.14. The Kier molecular flexibility index (Phi) is 5.26. The first-order valence-electron chi connectivity index (χ1n) is 7.77. The Morgan fingerprint density at radius 1 is 0.909 bits per heavy atom. The molecule has 0 saturated heterocycles. The van der Waals surface area contributed by atoms with Crippen LogP contribution in [0.2, 0.25) is 0 Å². The number of Topliss-reactive ketones (excluding diaryl/α,β-unsaturated/α-hetero) is 1. The van der Waals surface area contributed by atoms with Gasteiger partial charge in [-0.05, 0) is 58.7 Å². The summed E-state index contributed by atoms with van der Waals surface area (Å²) in [6, 6.07) is 5.88. The van der Waals surface area contributed by atoms with E-state index in [0.29, 0.717) is 0 Å². The quantitative estimate of drug-likeness (QED) is 0.435. The van der Waals surface area contributed by atoms with Gasteiger partial charge in [-0.15, -0.1) is 0 Å². The van der Waals surface area contributed by atoms with Crippen molar-refractivity contribution in [3.63, 3.8) is 0 Å². The highest BCUT2D eigenvalue weighted by Crippen LogP contribution is 2.31. The molecule has 1 aromatic rings. The molecule has 0 heterocycles. The number of hydrogen-bond acceptors (Lipinski definition) is 3. The summed E-state index contributed by atoms with van der Waals surface area (Å²) in [5, 5.41) is 0. The third-order valence-electron chi connectivity index (χ3n) is 3.36. The molecule has 0 aromatic heterocycles. The van der Waals surface area contributed by atoms with E-state index < -0.39 is 11.0 Å². The maximum absolute atomic E-state index is 12.6. The first kappa shape index (κ1) is 18.9. The van der Waals surface area contributed by atoms with Crippen molar-refractivity contribution in [2.75, 3.05) is 0 Å². The predicted octanol–water partition coefficient (Wildman–Crippen LogP) is 5.21. The van der Waals surface area contributed by atoms with Crippen molar-refractivity contribution in [2.24, 2.45) is 5.41 Å². The summed E-state index contributed by atoms with van der Waals surface area (Å²) < 4.78 is 0. The highest BCUT2D eigenvalue weighted by atomic mass is 17.2. The Morgan fingerprint density at radius 3 is 1.91 bits per heavy atom. The zero-order valence-corrected chi connectivity index (χ0v) is 15.5. The van der Waals surface area contributed by atoms with E-state index >= 15 is 0 Å². The summed E-state index contributed by atoms with van der Waals surface area (Å²) >= 11 is 0. The maximum atomic E-state index is 12.6. The number of carbonyl (C=O) groups is 1. The Labute approximate surface area is 134 Å². The van der Waals surface area contributed by atoms with Gasteiger partial charge in [0.05, 0.1) is 5.60 Å². The van der Waals surface area contributed by atoms with Crippen molar-refractivity contribution in [2.45, 2.75) is 73.5 Å². The average Bonchev–Trinajstić information content (AvgIpc) is 2.34. The minimum Gasteiger partial charge on any atom is -0.294 e. The van der Waals surface area contributed by atoms with E-state index in [9.17, 15) is 4.79 Å². The Morgan fingerprint density at radius 2 is 1.45 bits per heavy atom. The van der Waals surface area contributed by atoms with Crippen molar-refractivity contribution in [3.8, 4) is 0 Å². The maximum Gasteiger partial charge on any atom is 0.168 e. The van der Waals surface area contributed by atoms with Gasteiger partial charge in [-0.3, -0.25) is 4.79 Å². The molecule has 0 aliphatic rings. The fourth-order valence-electron chi connectivity index (χ4n) is 1.92. The summed E-state index contributed by atoms with van der Waals surface area (Å²) in [6.45, 7) is 17.5. The number of carbonyl (C=O) groups excluding carboxylic acids is 1. The van der Waals surface area contributed by atoms with Crippen LogP contribution in [0.1, 0.15) is 76.9 Å². The van der Waals surface area contributed by atoms with Crippen LogP contribution in [-0.4, -0.2) is 11.4 Å². The number of ketones is 1. The lowest BCUT2D eigenvalue weighted by Crippen LogP contribution is -2.29. The van der Waals surface area contributed by atoms with Gasteiger partial charge in [0.25, 0.3) is 0 Å². The molecule has 22 heavy (non-hydrogen) atoms. The molecule has 0 atom stereocenters. The first-order valence-corrected chi connectivity index (χ1v) is 7.77. The number of hydrogen-bond donors (Lipinski definition) is 0. The van der Waals surface area contributed by atoms with E-state index in [-0.39, 0.29) is 11.4 Å². The molecular formula is C19H30O3. The van der Waals surface area contributed by atoms with Gasteiger partial charge in [0, 0.05) is 11.0 Å². The molecule has 0 amide bonds. The monoisotopic (exact) mass is 306 g/mol. The van der Waals surface area contributed by atoms with E-state index in [1.165, 1.54) is 0 Å². The summed E-state index contributed by atoms with van der Waals surface area (Å²) in [5.74, 6) is 0.138. The highest BCUT2D eigenvalue weighted by molar-refractivity contribution is 6.01. The van der Waals surface area contributed by atoms with Crippen LogP contribution < -0.4 is 0 Å². The largest absolute Gasteiger partial charge is 0.294 e. The SMILES string of the molecule is Cc1ccc(C(C)(C)OOC(C)(C)C)cc1C(=O)C(C)(C)C. The zero-order valence-electron chi connectivity index (χ0n) is 15.5. The molecule has 0 aliphatic carbocycles. The second-order valence-electron chi connectivity index (χ2n) is 8.40. The lowest BCUT2D eigenvalue weighted by molar-refractivity contribution is -0.401. The van der Waals surface area contributed by atoms with Crippen LogP contribution in [0.5, 0.6) is 0 Å². The summed E-state index contributed by atoms with van der Waals surface area (Å²) in [5.41, 5.74) is 1.24. The van der Waals surface area contributed by atoms with Crippen molar-refractivity contribution in [3.05, 3.63) is 34.9 Å². The van der Waals surface area contributed by atoms with Gasteiger partial charge in [-0.2, -0.15) is 0 Å². The first-order chi connectivity index (χ1) is 9.74. The van der Waals surface area contributed by atoms with E-state index in [0.717, 1.165) is 16.7 Å². The van der Waals surface area contributed by atoms with Crippen molar-refractivity contribution in [1.82, 2.24) is 0 Å². The molecule has 0 bridgehead atoms. The van der Waals surface area contributed by atoms with Gasteiger partial charge in [-0.1, -0.05) is 32.9 Å². The van der Waals surface area contributed by atoms with Crippen molar-refractivity contribution < 1.29 is 14.6 Å². The fourth-order valence-corrected chi connectivity index (χ4v) is 1.92. The molecule has 0 unspecified atom stereocenters. The van der Waals surface area contributed by atoms with Crippen LogP contribution >= 0.6 is 0 Å². The predicted molar refractivity (Wildman–Crippen MR) is 89.9 cm³/mol. The van der Waals surface area contributed by atoms with Gasteiger partial charge in [0.15, 0.2) is 5.78 Å². The van der Waals surface area contributed by atoms with E-state index in [2.05, 4.69) is 0 Å². The summed E-state index contributed by atoms with van der Waals surface area (Å²) in [6.07, 6.45) is 0. The third-order valence-corrected chi connectivity index (χ3v) is 3.36. The van der Waals surface area contributed by atoms with Gasteiger partial charge in [0.1, 0.15) is 5.60 Å². The minimum atomic E-state index is -0.631. The van der Waals surface area contributed by atoms with Crippen molar-refractivity contribution in [1.29, 1.82) is 0 Å². The normalized spacial score (nSPS) is 13.3. The lowest BCUT2D eigenvalue weighted by Gasteiger charge is -2.29. The Bertz CT molecular complexity index is 543. The minimum absolute atomic E-state index is 0.138. The van der Waals surface area contributed by atoms with Gasteiger partial charge < -0.3 is 0 Å². The average molecular weight is 306 g/mol. The smallest absolute Gasteiger partial charge is 0.168 e. The number of aryl methyl sites for hydroxylation is 1. The molecule has 3 heteroatoms. The molecule has 1 aromatic carbocycles. The second kappa shape index (κ2) is 6.13. The van der Waals surface area contributed by atoms with E-state index in [1.54, 1.807) is 0 Å². The topological polar surface area (TPSA) is 35.5 Å². The van der Waals surface area contributed by atoms with Crippen molar-refractivity contribution >= 4 is 5.78 Å². The van der Waals surface area contributed by atoms with Crippen LogP contribution in [0.3, 0.4) is 0 Å². The van der Waals surface area contributed by atoms with Crippen LogP contribution in [-0.2, 0) is 15.4 Å². The molecule has 0 spiro atoms. The van der Waals surface area contributed by atoms with E-state index in [1.807, 2.05) is 80.5 Å². The Hall–Kier alpha value is -1.19. The van der Waals surface area contributed by atoms with Crippen LogP contribution in [0.25, 0.3) is 0 Å². The second-order valence-corrected chi connectivity index (χ2v) is 8.40. The summed E-state index contributed by atoms with van der Waals surface area (Å²) in [4.78, 5) is 23.7. The van der Waals surface area contributed by atoms with Crippen LogP contribution in [0.15, 0.2) is 18.2 Å². The lowest BCUT2D eigenvalue weighted by atomic mass is 9.83. The molecule has 1 rings (SSSR count). The van der Waals surface area contributed by atoms with Gasteiger partial charge in [0.2, 0.25) is 0 Å².